The van der Waals surface area contributed by atoms with Gasteiger partial charge in [0.2, 0.25) is 0 Å². The number of phenols is 1. The summed E-state index contributed by atoms with van der Waals surface area (Å²) in [5.41, 5.74) is -1.58. The van der Waals surface area contributed by atoms with Crippen LogP contribution in [0.5, 0.6) is 5.75 Å². The van der Waals surface area contributed by atoms with E-state index in [1.165, 1.54) is 23.1 Å². The zero-order valence-corrected chi connectivity index (χ0v) is 17.7. The van der Waals surface area contributed by atoms with Crippen LogP contribution < -0.4 is 4.31 Å². The molecule has 1 saturated carbocycles. The van der Waals surface area contributed by atoms with Crippen molar-refractivity contribution in [3.8, 4) is 22.9 Å². The minimum absolute atomic E-state index is 0.0133. The minimum atomic E-state index is -5.10. The van der Waals surface area contributed by atoms with Crippen LogP contribution in [0.4, 0.5) is 10.1 Å². The summed E-state index contributed by atoms with van der Waals surface area (Å²) in [4.78, 5) is 29.7. The van der Waals surface area contributed by atoms with Gasteiger partial charge in [0.25, 0.3) is 5.91 Å². The summed E-state index contributed by atoms with van der Waals surface area (Å²) in [7, 11) is -9.92. The summed E-state index contributed by atoms with van der Waals surface area (Å²) in [6, 6.07) is 4.33. The number of phosphoric ester groups is 1. The number of aromatic nitrogens is 2. The predicted molar refractivity (Wildman–Crippen MR) is 103 cm³/mol. The summed E-state index contributed by atoms with van der Waals surface area (Å²) in [6.45, 7) is -2.23. The van der Waals surface area contributed by atoms with Gasteiger partial charge in [0.05, 0.1) is 12.3 Å². The minimum Gasteiger partial charge on any atom is -0.506 e. The van der Waals surface area contributed by atoms with Gasteiger partial charge in [0.15, 0.2) is 5.82 Å². The monoisotopic (exact) mass is 487 g/mol. The van der Waals surface area contributed by atoms with Crippen LogP contribution in [-0.4, -0.2) is 56.6 Å². The molecule has 1 aromatic heterocycles. The van der Waals surface area contributed by atoms with Crippen LogP contribution in [0.3, 0.4) is 0 Å². The lowest BCUT2D eigenvalue weighted by Gasteiger charge is -2.21. The number of phosphoric acid groups is 1. The fourth-order valence-electron chi connectivity index (χ4n) is 3.21. The first-order chi connectivity index (χ1) is 14.9. The molecule has 2 aromatic rings. The average molecular weight is 487 g/mol. The second kappa shape index (κ2) is 7.26. The molecule has 1 aromatic carbocycles. The van der Waals surface area contributed by atoms with Gasteiger partial charge >= 0.3 is 18.0 Å². The van der Waals surface area contributed by atoms with E-state index in [1.54, 1.807) is 0 Å². The molecule has 1 amide bonds. The number of hydrogen-bond acceptors (Lipinski definition) is 8. The van der Waals surface area contributed by atoms with Crippen LogP contribution in [0.25, 0.3) is 11.1 Å². The Labute approximate surface area is 180 Å². The predicted octanol–water partition coefficient (Wildman–Crippen LogP) is 0.368. The van der Waals surface area contributed by atoms with Crippen molar-refractivity contribution in [2.75, 3.05) is 17.6 Å². The largest absolute Gasteiger partial charge is 0.506 e. The molecule has 2 fully saturated rings. The Hall–Kier alpha value is -3.02. The van der Waals surface area contributed by atoms with E-state index in [1.807, 2.05) is 0 Å². The fraction of sp³-hybridized carbons (Fsp3) is 0.312. The van der Waals surface area contributed by atoms with E-state index < -0.39 is 60.0 Å². The van der Waals surface area contributed by atoms with Gasteiger partial charge in [-0.1, -0.05) is 0 Å². The Morgan fingerprint density at radius 3 is 2.62 bits per heavy atom. The molecular formula is C16H15FN5O8PS. The third-order valence-corrected chi connectivity index (χ3v) is 7.25. The molecule has 13 nitrogen and oxygen atoms in total. The van der Waals surface area contributed by atoms with Gasteiger partial charge in [0.1, 0.15) is 30.3 Å². The van der Waals surface area contributed by atoms with Gasteiger partial charge in [-0.15, -0.1) is 0 Å². The van der Waals surface area contributed by atoms with E-state index in [-0.39, 0.29) is 19.7 Å². The SMILES string of the molecule is N#CC1(n2cc(-c3ccc(O)c(N4CC(=O)N(COP(=O)(O)O)S4(=O)=O)c3F)cn2)CC1. The van der Waals surface area contributed by atoms with Crippen molar-refractivity contribution in [3.63, 3.8) is 0 Å². The molecule has 2 aliphatic rings. The number of anilines is 1. The summed E-state index contributed by atoms with van der Waals surface area (Å²) >= 11 is 0. The van der Waals surface area contributed by atoms with Crippen molar-refractivity contribution >= 4 is 29.6 Å². The van der Waals surface area contributed by atoms with E-state index in [2.05, 4.69) is 15.7 Å². The van der Waals surface area contributed by atoms with Gasteiger partial charge in [-0.3, -0.25) is 14.0 Å². The number of nitrogens with zero attached hydrogens (tertiary/aromatic N) is 5. The highest BCUT2D eigenvalue weighted by molar-refractivity contribution is 7.91. The van der Waals surface area contributed by atoms with E-state index in [9.17, 15) is 28.1 Å². The second-order valence-electron chi connectivity index (χ2n) is 7.12. The van der Waals surface area contributed by atoms with Crippen LogP contribution in [0.15, 0.2) is 24.5 Å². The summed E-state index contributed by atoms with van der Waals surface area (Å²) in [5, 5.41) is 23.5. The van der Waals surface area contributed by atoms with Crippen LogP contribution >= 0.6 is 7.82 Å². The van der Waals surface area contributed by atoms with Gasteiger partial charge in [-0.05, 0) is 25.0 Å². The van der Waals surface area contributed by atoms with Crippen molar-refractivity contribution in [1.82, 2.24) is 14.1 Å². The summed E-state index contributed by atoms with van der Waals surface area (Å²) in [5.74, 6) is -3.12. The lowest BCUT2D eigenvalue weighted by Crippen LogP contribution is -2.35. The van der Waals surface area contributed by atoms with Crippen molar-refractivity contribution in [2.24, 2.45) is 0 Å². The van der Waals surface area contributed by atoms with E-state index in [0.29, 0.717) is 12.8 Å². The highest BCUT2D eigenvalue weighted by atomic mass is 32.2. The fourth-order valence-corrected chi connectivity index (χ4v) is 4.97. The third-order valence-electron chi connectivity index (χ3n) is 5.07. The van der Waals surface area contributed by atoms with Crippen LogP contribution in [0, 0.1) is 17.1 Å². The molecule has 1 aliphatic carbocycles. The van der Waals surface area contributed by atoms with Gasteiger partial charge in [0, 0.05) is 17.3 Å². The zero-order valence-electron chi connectivity index (χ0n) is 16.0. The lowest BCUT2D eigenvalue weighted by molar-refractivity contribution is -0.125. The third kappa shape index (κ3) is 3.61. The number of halogens is 1. The molecule has 3 N–H and O–H groups in total. The molecular weight excluding hydrogens is 472 g/mol. The molecule has 1 saturated heterocycles. The Kier molecular flexibility index (Phi) is 5.03. The number of aromatic hydroxyl groups is 1. The summed E-state index contributed by atoms with van der Waals surface area (Å²) < 4.78 is 57.5. The lowest BCUT2D eigenvalue weighted by atomic mass is 10.1. The maximum atomic E-state index is 15.4. The zero-order chi connectivity index (χ0) is 23.5. The number of hydrogen-bond donors (Lipinski definition) is 3. The molecule has 0 spiro atoms. The van der Waals surface area contributed by atoms with Crippen LogP contribution in [-0.2, 0) is 29.6 Å². The van der Waals surface area contributed by atoms with Gasteiger partial charge in [-0.25, -0.2) is 13.3 Å². The number of rotatable bonds is 6. The first-order valence-corrected chi connectivity index (χ1v) is 11.8. The smallest absolute Gasteiger partial charge is 0.471 e. The van der Waals surface area contributed by atoms with Crippen molar-refractivity contribution in [2.45, 2.75) is 18.4 Å². The Morgan fingerprint density at radius 1 is 1.34 bits per heavy atom. The Bertz CT molecular complexity index is 1310. The molecule has 0 atom stereocenters. The second-order valence-corrected chi connectivity index (χ2v) is 10.1. The normalized spacial score (nSPS) is 19.2. The van der Waals surface area contributed by atoms with Crippen molar-refractivity contribution < 1.29 is 41.6 Å². The standard InChI is InChI=1S/C16H15FN5O8PS/c17-14-11(10-5-19-22(6-10)16(8-18)3-4-16)1-2-12(23)15(14)20-7-13(24)21(32(20,28)29)9-30-31(25,26)27/h1-2,5-6,23H,3-4,7,9H2,(H2,25,26,27). The maximum absolute atomic E-state index is 15.4. The van der Waals surface area contributed by atoms with E-state index in [0.717, 1.165) is 6.07 Å². The average Bonchev–Trinajstić information content (AvgIpc) is 3.28. The molecule has 1 aliphatic heterocycles. The number of phenolic OH excluding ortho intramolecular Hbond substituents is 1. The van der Waals surface area contributed by atoms with E-state index >= 15 is 4.39 Å². The molecule has 4 rings (SSSR count). The number of carbonyl (C=O) groups is 1. The molecule has 2 heterocycles. The number of nitriles is 1. The molecule has 32 heavy (non-hydrogen) atoms. The Balaban J connectivity index is 1.72. The number of amides is 1. The molecule has 0 unspecified atom stereocenters. The first-order valence-electron chi connectivity index (χ1n) is 8.91. The molecule has 0 bridgehead atoms. The maximum Gasteiger partial charge on any atom is 0.471 e. The molecule has 16 heteroatoms. The number of benzene rings is 1. The van der Waals surface area contributed by atoms with Gasteiger partial charge < -0.3 is 14.9 Å². The van der Waals surface area contributed by atoms with Crippen molar-refractivity contribution in [1.29, 1.82) is 5.26 Å². The topological polar surface area (TPSA) is 186 Å². The molecule has 0 radical (unpaired) electrons. The number of carbonyl (C=O) groups excluding carboxylic acids is 1. The summed E-state index contributed by atoms with van der Waals surface area (Å²) in [6.07, 6.45) is 3.85. The van der Waals surface area contributed by atoms with E-state index in [4.69, 9.17) is 9.79 Å². The van der Waals surface area contributed by atoms with Gasteiger partial charge in [-0.2, -0.15) is 23.1 Å². The quantitative estimate of drug-likeness (QED) is 0.481. The highest BCUT2D eigenvalue weighted by Gasteiger charge is 2.47. The highest BCUT2D eigenvalue weighted by Crippen LogP contribution is 2.44. The molecule has 170 valence electrons. The van der Waals surface area contributed by atoms with Crippen LogP contribution in [0.2, 0.25) is 0 Å². The van der Waals surface area contributed by atoms with Crippen molar-refractivity contribution in [3.05, 3.63) is 30.3 Å². The Morgan fingerprint density at radius 2 is 2.03 bits per heavy atom. The van der Waals surface area contributed by atoms with Crippen LogP contribution in [0.1, 0.15) is 12.8 Å². The first kappa shape index (κ1) is 22.2.